The minimum Gasteiger partial charge on any atom is -0.267 e. The number of rotatable bonds is 1. The van der Waals surface area contributed by atoms with Crippen LogP contribution in [0, 0.1) is 0 Å². The van der Waals surface area contributed by atoms with E-state index in [1.165, 1.54) is 0 Å². The van der Waals surface area contributed by atoms with Gasteiger partial charge in [-0.25, -0.2) is 4.98 Å². The van der Waals surface area contributed by atoms with Crippen molar-refractivity contribution in [2.24, 2.45) is 0 Å². The van der Waals surface area contributed by atoms with Crippen LogP contribution in [0.3, 0.4) is 0 Å². The molecule has 1 aromatic carbocycles. The average Bonchev–Trinajstić information content (AvgIpc) is 2.44. The molecule has 0 amide bonds. The van der Waals surface area contributed by atoms with Gasteiger partial charge in [-0.15, -0.1) is 0 Å². The predicted molar refractivity (Wildman–Crippen MR) is 68.0 cm³/mol. The molecule has 0 saturated carbocycles. The van der Waals surface area contributed by atoms with Crippen molar-refractivity contribution in [1.82, 2.24) is 14.8 Å². The molecule has 3 aromatic rings. The predicted octanol–water partition coefficient (Wildman–Crippen LogP) is -1.92. The van der Waals surface area contributed by atoms with Crippen LogP contribution in [0.1, 0.15) is 0 Å². The molecule has 0 spiro atoms. The fraction of sp³-hybridized carbons (Fsp3) is 0. The van der Waals surface area contributed by atoms with Gasteiger partial charge in [0.2, 0.25) is 0 Å². The first-order valence-electron chi connectivity index (χ1n) is 5.43. The molecule has 0 aliphatic carbocycles. The van der Waals surface area contributed by atoms with Crippen molar-refractivity contribution < 1.29 is 29.6 Å². The maximum absolute atomic E-state index is 12.2. The van der Waals surface area contributed by atoms with Crippen molar-refractivity contribution in [3.8, 4) is 5.82 Å². The Morgan fingerprint density at radius 2 is 1.63 bits per heavy atom. The van der Waals surface area contributed by atoms with Gasteiger partial charge in [0.25, 0.3) is 11.1 Å². The summed E-state index contributed by atoms with van der Waals surface area (Å²) in [7, 11) is 0. The molecule has 0 fully saturated rings. The Morgan fingerprint density at radius 1 is 0.947 bits per heavy atom. The molecule has 19 heavy (non-hydrogen) atoms. The van der Waals surface area contributed by atoms with Gasteiger partial charge < -0.3 is 0 Å². The van der Waals surface area contributed by atoms with Gasteiger partial charge in [-0.1, -0.05) is 18.2 Å². The van der Waals surface area contributed by atoms with E-state index in [1.807, 2.05) is 0 Å². The van der Waals surface area contributed by atoms with Crippen molar-refractivity contribution >= 4 is 10.8 Å². The minimum atomic E-state index is -0.309. The summed E-state index contributed by atoms with van der Waals surface area (Å²) >= 11 is 0. The zero-order chi connectivity index (χ0) is 12.5. The third-order valence-corrected chi connectivity index (χ3v) is 2.70. The van der Waals surface area contributed by atoms with Gasteiger partial charge in [-0.3, -0.25) is 14.7 Å². The molecule has 2 aromatic heterocycles. The summed E-state index contributed by atoms with van der Waals surface area (Å²) in [4.78, 5) is 28.2. The van der Waals surface area contributed by atoms with E-state index < -0.39 is 0 Å². The van der Waals surface area contributed by atoms with E-state index in [0.29, 0.717) is 16.6 Å². The molecule has 88 valence electrons. The van der Waals surface area contributed by atoms with Crippen LogP contribution in [-0.2, 0) is 0 Å². The SMILES string of the molecule is O=c1[nH]n(-c2ccccn2)c(=O)c2ccccc12.[Na+]. The second-order valence-electron chi connectivity index (χ2n) is 3.82. The number of nitrogens with zero attached hydrogens (tertiary/aromatic N) is 2. The number of H-pyrrole nitrogens is 1. The zero-order valence-corrected chi connectivity index (χ0v) is 12.3. The number of hydrogen-bond acceptors (Lipinski definition) is 3. The molecule has 0 radical (unpaired) electrons. The van der Waals surface area contributed by atoms with E-state index in [1.54, 1.807) is 48.7 Å². The van der Waals surface area contributed by atoms with Gasteiger partial charge in [0.05, 0.1) is 10.8 Å². The Labute approximate surface area is 130 Å². The topological polar surface area (TPSA) is 67.8 Å². The van der Waals surface area contributed by atoms with Crippen LogP contribution in [-0.4, -0.2) is 14.8 Å². The molecule has 1 N–H and O–H groups in total. The molecule has 0 aliphatic rings. The van der Waals surface area contributed by atoms with Gasteiger partial charge in [0, 0.05) is 6.20 Å². The molecule has 2 heterocycles. The zero-order valence-electron chi connectivity index (χ0n) is 10.3. The van der Waals surface area contributed by atoms with Crippen molar-refractivity contribution in [1.29, 1.82) is 0 Å². The summed E-state index contributed by atoms with van der Waals surface area (Å²) in [5.41, 5.74) is -0.597. The number of pyridine rings is 1. The molecule has 0 saturated heterocycles. The molecular formula is C13H9N3NaO2+. The summed E-state index contributed by atoms with van der Waals surface area (Å²) < 4.78 is 1.16. The van der Waals surface area contributed by atoms with E-state index in [-0.39, 0.29) is 40.7 Å². The summed E-state index contributed by atoms with van der Waals surface area (Å²) in [5, 5.41) is 3.29. The molecule has 0 aliphatic heterocycles. The Kier molecular flexibility index (Phi) is 3.99. The molecule has 0 unspecified atom stereocenters. The van der Waals surface area contributed by atoms with Crippen molar-refractivity contribution in [2.75, 3.05) is 0 Å². The first-order chi connectivity index (χ1) is 8.77. The van der Waals surface area contributed by atoms with Gasteiger partial charge >= 0.3 is 29.6 Å². The number of fused-ring (bicyclic) bond motifs is 1. The molecule has 3 rings (SSSR count). The number of benzene rings is 1. The maximum Gasteiger partial charge on any atom is 1.00 e. The van der Waals surface area contributed by atoms with Crippen molar-refractivity contribution in [3.63, 3.8) is 0 Å². The largest absolute Gasteiger partial charge is 1.00 e. The summed E-state index contributed by atoms with van der Waals surface area (Å²) in [5.74, 6) is 0.394. The van der Waals surface area contributed by atoms with E-state index in [2.05, 4.69) is 10.1 Å². The molecule has 0 atom stereocenters. The van der Waals surface area contributed by atoms with E-state index in [9.17, 15) is 9.59 Å². The number of aromatic nitrogens is 3. The van der Waals surface area contributed by atoms with Gasteiger partial charge in [-0.05, 0) is 24.3 Å². The molecule has 5 nitrogen and oxygen atoms in total. The Morgan fingerprint density at radius 3 is 2.32 bits per heavy atom. The summed E-state index contributed by atoms with van der Waals surface area (Å²) in [6.45, 7) is 0. The Balaban J connectivity index is 0.00000133. The molecule has 0 bridgehead atoms. The van der Waals surface area contributed by atoms with Crippen molar-refractivity contribution in [2.45, 2.75) is 0 Å². The monoisotopic (exact) mass is 262 g/mol. The summed E-state index contributed by atoms with van der Waals surface area (Å²) in [6.07, 6.45) is 1.56. The van der Waals surface area contributed by atoms with Crippen LogP contribution in [0.2, 0.25) is 0 Å². The van der Waals surface area contributed by atoms with Crippen LogP contribution in [0.5, 0.6) is 0 Å². The van der Waals surface area contributed by atoms with Crippen LogP contribution >= 0.6 is 0 Å². The van der Waals surface area contributed by atoms with Crippen LogP contribution < -0.4 is 40.7 Å². The first-order valence-corrected chi connectivity index (χ1v) is 5.43. The number of nitrogens with one attached hydrogen (secondary N) is 1. The van der Waals surface area contributed by atoms with Crippen LogP contribution in [0.15, 0.2) is 58.3 Å². The van der Waals surface area contributed by atoms with Gasteiger partial charge in [-0.2, -0.15) is 4.68 Å². The van der Waals surface area contributed by atoms with Gasteiger partial charge in [0.1, 0.15) is 0 Å². The van der Waals surface area contributed by atoms with Crippen molar-refractivity contribution in [3.05, 3.63) is 69.4 Å². The normalized spacial score (nSPS) is 10.1. The van der Waals surface area contributed by atoms with Crippen LogP contribution in [0.25, 0.3) is 16.6 Å². The third kappa shape index (κ3) is 2.40. The fourth-order valence-electron chi connectivity index (χ4n) is 1.85. The summed E-state index contributed by atoms with van der Waals surface area (Å²) in [6, 6.07) is 11.9. The second-order valence-corrected chi connectivity index (χ2v) is 3.82. The van der Waals surface area contributed by atoms with E-state index in [0.717, 1.165) is 4.68 Å². The maximum atomic E-state index is 12.2. The Bertz CT molecular complexity index is 824. The molecule has 6 heteroatoms. The Hall–Kier alpha value is -1.69. The smallest absolute Gasteiger partial charge is 0.267 e. The second kappa shape index (κ2) is 5.52. The molecular weight excluding hydrogens is 253 g/mol. The van der Waals surface area contributed by atoms with E-state index in [4.69, 9.17) is 0 Å². The first kappa shape index (κ1) is 13.7. The van der Waals surface area contributed by atoms with Crippen LogP contribution in [0.4, 0.5) is 0 Å². The fourth-order valence-corrected chi connectivity index (χ4v) is 1.85. The third-order valence-electron chi connectivity index (χ3n) is 2.70. The average molecular weight is 262 g/mol. The standard InChI is InChI=1S/C13H9N3O2.Na/c17-12-9-5-1-2-6-10(9)13(18)16(15-12)11-7-3-4-8-14-11;/h1-8H,(H,15,17);/q;+1. The number of aromatic amines is 1. The number of hydrogen-bond donors (Lipinski definition) is 1. The quantitative estimate of drug-likeness (QED) is 0.520. The van der Waals surface area contributed by atoms with E-state index >= 15 is 0 Å². The van der Waals surface area contributed by atoms with Gasteiger partial charge in [0.15, 0.2) is 5.82 Å². The minimum absolute atomic E-state index is 0.